The Hall–Kier alpha value is -0.870. The Morgan fingerprint density at radius 2 is 2.00 bits per heavy atom. The van der Waals surface area contributed by atoms with Crippen LogP contribution in [0.4, 0.5) is 0 Å². The van der Waals surface area contributed by atoms with Gasteiger partial charge in [0.1, 0.15) is 6.61 Å². The number of carbonyl (C=O) groups excluding carboxylic acids is 1. The van der Waals surface area contributed by atoms with Gasteiger partial charge in [-0.1, -0.05) is 19.1 Å². The van der Waals surface area contributed by atoms with Crippen LogP contribution < -0.4 is 0 Å². The van der Waals surface area contributed by atoms with Gasteiger partial charge >= 0.3 is 5.97 Å². The molecule has 4 nitrogen and oxygen atoms in total. The number of ether oxygens (including phenoxy) is 1. The summed E-state index contributed by atoms with van der Waals surface area (Å²) in [5.41, 5.74) is 0. The van der Waals surface area contributed by atoms with Gasteiger partial charge in [0, 0.05) is 6.92 Å². The molecule has 2 atom stereocenters. The van der Waals surface area contributed by atoms with E-state index < -0.39 is 12.2 Å². The molecule has 15 heavy (non-hydrogen) atoms. The fourth-order valence-electron chi connectivity index (χ4n) is 1.08. The third kappa shape index (κ3) is 8.15. The molecule has 88 valence electrons. The highest BCUT2D eigenvalue weighted by Crippen LogP contribution is 2.05. The maximum absolute atomic E-state index is 10.4. The van der Waals surface area contributed by atoms with Gasteiger partial charge in [-0.25, -0.2) is 0 Å². The molecule has 0 radical (unpaired) electrons. The van der Waals surface area contributed by atoms with Crippen LogP contribution in [0.25, 0.3) is 0 Å². The molecule has 0 aromatic heterocycles. The van der Waals surface area contributed by atoms with E-state index in [1.54, 1.807) is 6.08 Å². The minimum Gasteiger partial charge on any atom is -0.462 e. The number of hydrogen-bond acceptors (Lipinski definition) is 4. The largest absolute Gasteiger partial charge is 0.462 e. The molecular weight excluding hydrogens is 196 g/mol. The number of aliphatic hydroxyl groups excluding tert-OH is 2. The van der Waals surface area contributed by atoms with Crippen LogP contribution in [-0.4, -0.2) is 35.0 Å². The number of hydrogen-bond donors (Lipinski definition) is 2. The summed E-state index contributed by atoms with van der Waals surface area (Å²) in [7, 11) is 0. The lowest BCUT2D eigenvalue weighted by atomic mass is 10.1. The van der Waals surface area contributed by atoms with Gasteiger partial charge in [0.05, 0.1) is 12.2 Å². The Morgan fingerprint density at radius 1 is 1.33 bits per heavy atom. The van der Waals surface area contributed by atoms with Crippen molar-refractivity contribution in [3.63, 3.8) is 0 Å². The highest BCUT2D eigenvalue weighted by Gasteiger charge is 2.12. The maximum Gasteiger partial charge on any atom is 0.302 e. The van der Waals surface area contributed by atoms with Gasteiger partial charge in [-0.2, -0.15) is 0 Å². The van der Waals surface area contributed by atoms with E-state index in [4.69, 9.17) is 0 Å². The van der Waals surface area contributed by atoms with Crippen LogP contribution in [-0.2, 0) is 9.53 Å². The van der Waals surface area contributed by atoms with E-state index in [0.717, 1.165) is 0 Å². The van der Waals surface area contributed by atoms with E-state index in [0.29, 0.717) is 19.3 Å². The molecule has 0 saturated heterocycles. The molecule has 0 rings (SSSR count). The molecule has 0 amide bonds. The summed E-state index contributed by atoms with van der Waals surface area (Å²) in [6.07, 6.45) is 3.98. The molecule has 0 spiro atoms. The molecule has 0 bridgehead atoms. The molecule has 4 heteroatoms. The van der Waals surface area contributed by atoms with Crippen LogP contribution in [0.5, 0.6) is 0 Å². The Balaban J connectivity index is 3.48. The van der Waals surface area contributed by atoms with Crippen molar-refractivity contribution in [3.8, 4) is 0 Å². The van der Waals surface area contributed by atoms with Crippen molar-refractivity contribution in [1.29, 1.82) is 0 Å². The van der Waals surface area contributed by atoms with Crippen LogP contribution >= 0.6 is 0 Å². The van der Waals surface area contributed by atoms with E-state index in [9.17, 15) is 15.0 Å². The summed E-state index contributed by atoms with van der Waals surface area (Å²) in [4.78, 5) is 10.4. The first-order valence-corrected chi connectivity index (χ1v) is 5.22. The quantitative estimate of drug-likeness (QED) is 0.492. The number of rotatable bonds is 7. The second-order valence-corrected chi connectivity index (χ2v) is 3.39. The Labute approximate surface area is 90.6 Å². The third-order valence-corrected chi connectivity index (χ3v) is 2.04. The van der Waals surface area contributed by atoms with Gasteiger partial charge in [-0.15, -0.1) is 0 Å². The molecule has 0 heterocycles. The minimum absolute atomic E-state index is 0.266. The Kier molecular flexibility index (Phi) is 7.95. The first-order chi connectivity index (χ1) is 7.07. The lowest BCUT2D eigenvalue weighted by Gasteiger charge is -2.14. The van der Waals surface area contributed by atoms with Gasteiger partial charge in [0.25, 0.3) is 0 Å². The molecule has 2 N–H and O–H groups in total. The zero-order chi connectivity index (χ0) is 11.7. The van der Waals surface area contributed by atoms with E-state index in [1.165, 1.54) is 6.92 Å². The first kappa shape index (κ1) is 14.1. The molecular formula is C11H20O4. The molecule has 0 aliphatic rings. The lowest BCUT2D eigenvalue weighted by Crippen LogP contribution is -2.24. The third-order valence-electron chi connectivity index (χ3n) is 2.04. The molecule has 0 aliphatic heterocycles. The smallest absolute Gasteiger partial charge is 0.302 e. The van der Waals surface area contributed by atoms with Crippen molar-refractivity contribution in [2.24, 2.45) is 0 Å². The van der Waals surface area contributed by atoms with Crippen LogP contribution in [0.3, 0.4) is 0 Å². The van der Waals surface area contributed by atoms with Crippen molar-refractivity contribution >= 4 is 5.97 Å². The normalized spacial score (nSPS) is 15.2. The second-order valence-electron chi connectivity index (χ2n) is 3.39. The summed E-state index contributed by atoms with van der Waals surface area (Å²) in [6, 6.07) is 0. The standard InChI is InChI=1S/C11H20O4/c1-3-10(13)11(14)7-5-4-6-8-15-9(2)12/h4,6,10-11,13-14H,3,5,7-8H2,1-2H3/b6-4+/t10-,11+/m0/s1. The molecule has 0 aromatic rings. The van der Waals surface area contributed by atoms with E-state index in [-0.39, 0.29) is 12.6 Å². The highest BCUT2D eigenvalue weighted by atomic mass is 16.5. The maximum atomic E-state index is 10.4. The highest BCUT2D eigenvalue weighted by molar-refractivity contribution is 5.65. The summed E-state index contributed by atoms with van der Waals surface area (Å²) in [6.45, 7) is 3.45. The van der Waals surface area contributed by atoms with Crippen LogP contribution in [0.2, 0.25) is 0 Å². The van der Waals surface area contributed by atoms with Gasteiger partial charge in [-0.3, -0.25) is 4.79 Å². The summed E-state index contributed by atoms with van der Waals surface area (Å²) < 4.78 is 4.68. The fraction of sp³-hybridized carbons (Fsp3) is 0.727. The molecule has 0 saturated carbocycles. The molecule has 0 fully saturated rings. The van der Waals surface area contributed by atoms with Crippen LogP contribution in [0.15, 0.2) is 12.2 Å². The average molecular weight is 216 g/mol. The summed E-state index contributed by atoms with van der Waals surface area (Å²) in [5, 5.41) is 18.7. The predicted molar refractivity (Wildman–Crippen MR) is 57.3 cm³/mol. The average Bonchev–Trinajstić information content (AvgIpc) is 2.21. The van der Waals surface area contributed by atoms with Gasteiger partial charge in [0.15, 0.2) is 0 Å². The van der Waals surface area contributed by atoms with Gasteiger partial charge in [0.2, 0.25) is 0 Å². The van der Waals surface area contributed by atoms with Crippen LogP contribution in [0.1, 0.15) is 33.1 Å². The number of esters is 1. The van der Waals surface area contributed by atoms with E-state index in [2.05, 4.69) is 4.74 Å². The van der Waals surface area contributed by atoms with Crippen molar-refractivity contribution in [2.75, 3.05) is 6.61 Å². The van der Waals surface area contributed by atoms with E-state index in [1.807, 2.05) is 13.0 Å². The number of carbonyl (C=O) groups is 1. The fourth-order valence-corrected chi connectivity index (χ4v) is 1.08. The van der Waals surface area contributed by atoms with Gasteiger partial charge < -0.3 is 14.9 Å². The summed E-state index contributed by atoms with van der Waals surface area (Å²) >= 11 is 0. The minimum atomic E-state index is -0.673. The zero-order valence-corrected chi connectivity index (χ0v) is 9.35. The predicted octanol–water partition coefficient (Wildman–Crippen LogP) is 1.02. The van der Waals surface area contributed by atoms with Crippen LogP contribution in [0, 0.1) is 0 Å². The molecule has 0 unspecified atom stereocenters. The second kappa shape index (κ2) is 8.44. The van der Waals surface area contributed by atoms with Crippen molar-refractivity contribution in [3.05, 3.63) is 12.2 Å². The lowest BCUT2D eigenvalue weighted by molar-refractivity contribution is -0.139. The zero-order valence-electron chi connectivity index (χ0n) is 9.35. The molecule has 0 aromatic carbocycles. The summed E-state index contributed by atoms with van der Waals surface area (Å²) in [5.74, 6) is -0.305. The van der Waals surface area contributed by atoms with Gasteiger partial charge in [-0.05, 0) is 19.3 Å². The topological polar surface area (TPSA) is 66.8 Å². The number of allylic oxidation sites excluding steroid dienone is 1. The van der Waals surface area contributed by atoms with Crippen molar-refractivity contribution in [1.82, 2.24) is 0 Å². The van der Waals surface area contributed by atoms with Crippen molar-refractivity contribution < 1.29 is 19.7 Å². The molecule has 0 aliphatic carbocycles. The monoisotopic (exact) mass is 216 g/mol. The Morgan fingerprint density at radius 3 is 2.53 bits per heavy atom. The number of aliphatic hydroxyl groups is 2. The van der Waals surface area contributed by atoms with E-state index >= 15 is 0 Å². The van der Waals surface area contributed by atoms with Crippen molar-refractivity contribution in [2.45, 2.75) is 45.3 Å². The SMILES string of the molecule is CC[C@H](O)[C@H](O)CC/C=C/COC(C)=O. The first-order valence-electron chi connectivity index (χ1n) is 5.22. The Bertz CT molecular complexity index is 201.